The van der Waals surface area contributed by atoms with Crippen LogP contribution in [0.5, 0.6) is 0 Å². The number of nitrogens with one attached hydrogen (secondary N) is 2. The summed E-state index contributed by atoms with van der Waals surface area (Å²) in [6.07, 6.45) is 4.25. The van der Waals surface area contributed by atoms with Crippen LogP contribution in [0.3, 0.4) is 0 Å². The maximum atomic E-state index is 13.2. The summed E-state index contributed by atoms with van der Waals surface area (Å²) < 4.78 is 0. The Morgan fingerprint density at radius 3 is 2.42 bits per heavy atom. The molecule has 5 heteroatoms. The zero-order valence-electron chi connectivity index (χ0n) is 21.6. The summed E-state index contributed by atoms with van der Waals surface area (Å²) >= 11 is 0. The minimum Gasteiger partial charge on any atom is -0.366 e. The molecule has 5 nitrogen and oxygen atoms in total. The highest BCUT2D eigenvalue weighted by Crippen LogP contribution is 2.30. The van der Waals surface area contributed by atoms with Gasteiger partial charge in [-0.1, -0.05) is 63.6 Å². The normalized spacial score (nSPS) is 12.8. The Morgan fingerprint density at radius 1 is 0.944 bits per heavy atom. The number of carbonyl (C=O) groups is 2. The van der Waals surface area contributed by atoms with Crippen molar-refractivity contribution in [2.45, 2.75) is 53.0 Å². The molecule has 0 saturated heterocycles. The third-order valence-corrected chi connectivity index (χ3v) is 6.68. The molecular weight excluding hydrogens is 446 g/mol. The fourth-order valence-corrected chi connectivity index (χ4v) is 4.57. The van der Waals surface area contributed by atoms with Crippen LogP contribution >= 0.6 is 0 Å². The number of unbranched alkanes of at least 4 members (excludes halogenated alkanes) is 1. The largest absolute Gasteiger partial charge is 0.366 e. The first kappa shape index (κ1) is 25.5. The van der Waals surface area contributed by atoms with E-state index in [0.29, 0.717) is 29.3 Å². The molecule has 0 radical (unpaired) electrons. The van der Waals surface area contributed by atoms with E-state index < -0.39 is 0 Å². The molecule has 0 atom stereocenters. The fraction of sp³-hybridized carbons (Fsp3) is 0.355. The Labute approximate surface area is 214 Å². The van der Waals surface area contributed by atoms with E-state index in [1.807, 2.05) is 36.4 Å². The van der Waals surface area contributed by atoms with Gasteiger partial charge in [-0.05, 0) is 72.2 Å². The van der Waals surface area contributed by atoms with Gasteiger partial charge in [0.25, 0.3) is 11.8 Å². The molecule has 4 rings (SSSR count). The summed E-state index contributed by atoms with van der Waals surface area (Å²) in [6, 6.07) is 21.9. The molecule has 1 aliphatic rings. The molecule has 0 bridgehead atoms. The molecule has 0 aromatic heterocycles. The first-order chi connectivity index (χ1) is 17.4. The van der Waals surface area contributed by atoms with Gasteiger partial charge in [0.2, 0.25) is 0 Å². The van der Waals surface area contributed by atoms with E-state index in [4.69, 9.17) is 0 Å². The van der Waals surface area contributed by atoms with E-state index in [9.17, 15) is 9.59 Å². The van der Waals surface area contributed by atoms with E-state index in [1.165, 1.54) is 16.7 Å². The van der Waals surface area contributed by atoms with E-state index in [0.717, 1.165) is 44.5 Å². The predicted octanol–water partition coefficient (Wildman–Crippen LogP) is 6.23. The van der Waals surface area contributed by atoms with E-state index >= 15 is 0 Å². The minimum absolute atomic E-state index is 0.117. The van der Waals surface area contributed by atoms with Gasteiger partial charge in [-0.2, -0.15) is 0 Å². The highest BCUT2D eigenvalue weighted by atomic mass is 16.2. The Morgan fingerprint density at radius 2 is 1.69 bits per heavy atom. The summed E-state index contributed by atoms with van der Waals surface area (Å²) in [6.45, 7) is 8.53. The SMILES string of the molecule is CCCCc1ccc(C(=O)Nc2ccc(N3CCc4ccccc4C3)c(C(=O)NCC(C)C)c2)cc1. The number of hydrogen-bond donors (Lipinski definition) is 2. The number of fused-ring (bicyclic) bond motifs is 1. The number of nitrogens with zero attached hydrogens (tertiary/aromatic N) is 1. The van der Waals surface area contributed by atoms with Crippen molar-refractivity contribution < 1.29 is 9.59 Å². The van der Waals surface area contributed by atoms with Gasteiger partial charge < -0.3 is 15.5 Å². The van der Waals surface area contributed by atoms with E-state index in [2.05, 4.69) is 60.6 Å². The van der Waals surface area contributed by atoms with Crippen LogP contribution in [-0.2, 0) is 19.4 Å². The van der Waals surface area contributed by atoms with Gasteiger partial charge in [-0.15, -0.1) is 0 Å². The number of hydrogen-bond acceptors (Lipinski definition) is 3. The van der Waals surface area contributed by atoms with Gasteiger partial charge in [0, 0.05) is 36.6 Å². The molecule has 2 amide bonds. The first-order valence-electron chi connectivity index (χ1n) is 13.1. The molecule has 0 fully saturated rings. The summed E-state index contributed by atoms with van der Waals surface area (Å²) in [7, 11) is 0. The van der Waals surface area contributed by atoms with Crippen molar-refractivity contribution in [2.75, 3.05) is 23.3 Å². The van der Waals surface area contributed by atoms with Crippen molar-refractivity contribution in [3.05, 3.63) is 94.5 Å². The number of rotatable bonds is 9. The molecule has 1 heterocycles. The molecule has 3 aromatic carbocycles. The van der Waals surface area contributed by atoms with Gasteiger partial charge in [-0.3, -0.25) is 9.59 Å². The van der Waals surface area contributed by atoms with Crippen LogP contribution in [0.1, 0.15) is 71.0 Å². The third kappa shape index (κ3) is 6.34. The Hall–Kier alpha value is -3.60. The maximum Gasteiger partial charge on any atom is 0.255 e. The Balaban J connectivity index is 1.55. The topological polar surface area (TPSA) is 61.4 Å². The first-order valence-corrected chi connectivity index (χ1v) is 13.1. The lowest BCUT2D eigenvalue weighted by molar-refractivity contribution is 0.0948. The second-order valence-corrected chi connectivity index (χ2v) is 10.0. The molecule has 36 heavy (non-hydrogen) atoms. The molecule has 0 unspecified atom stereocenters. The smallest absolute Gasteiger partial charge is 0.255 e. The number of anilines is 2. The zero-order valence-corrected chi connectivity index (χ0v) is 21.6. The van der Waals surface area contributed by atoms with Crippen LogP contribution < -0.4 is 15.5 Å². The van der Waals surface area contributed by atoms with Crippen molar-refractivity contribution in [3.8, 4) is 0 Å². The van der Waals surface area contributed by atoms with Crippen molar-refractivity contribution in [1.82, 2.24) is 5.32 Å². The number of benzene rings is 3. The molecule has 188 valence electrons. The van der Waals surface area contributed by atoms with Gasteiger partial charge in [-0.25, -0.2) is 0 Å². The molecule has 1 aliphatic heterocycles. The third-order valence-electron chi connectivity index (χ3n) is 6.68. The minimum atomic E-state index is -0.176. The standard InChI is InChI=1S/C31H37N3O2/c1-4-5-8-23-11-13-25(14-12-23)30(35)33-27-15-16-29(28(19-27)31(36)32-20-22(2)3)34-18-17-24-9-6-7-10-26(24)21-34/h6-7,9-16,19,22H,4-5,8,17-18,20-21H2,1-3H3,(H,32,36)(H,33,35). The van der Waals surface area contributed by atoms with Crippen LogP contribution in [0, 0.1) is 5.92 Å². The Bertz CT molecular complexity index is 1200. The summed E-state index contributed by atoms with van der Waals surface area (Å²) in [5.41, 5.74) is 6.60. The predicted molar refractivity (Wildman–Crippen MR) is 148 cm³/mol. The highest BCUT2D eigenvalue weighted by molar-refractivity contribution is 6.06. The molecule has 2 N–H and O–H groups in total. The summed E-state index contributed by atoms with van der Waals surface area (Å²) in [5.74, 6) is 0.0570. The average Bonchev–Trinajstić information content (AvgIpc) is 2.90. The number of aryl methyl sites for hydroxylation is 1. The lowest BCUT2D eigenvalue weighted by Gasteiger charge is -2.32. The van der Waals surface area contributed by atoms with Crippen LogP contribution in [0.4, 0.5) is 11.4 Å². The molecule has 3 aromatic rings. The van der Waals surface area contributed by atoms with Gasteiger partial charge in [0.05, 0.1) is 5.56 Å². The van der Waals surface area contributed by atoms with Crippen LogP contribution in [-0.4, -0.2) is 24.9 Å². The fourth-order valence-electron chi connectivity index (χ4n) is 4.57. The molecule has 0 spiro atoms. The molecule has 0 saturated carbocycles. The van der Waals surface area contributed by atoms with Crippen LogP contribution in [0.25, 0.3) is 0 Å². The second-order valence-electron chi connectivity index (χ2n) is 10.0. The quantitative estimate of drug-likeness (QED) is 0.379. The second kappa shape index (κ2) is 11.9. The van der Waals surface area contributed by atoms with Crippen molar-refractivity contribution in [2.24, 2.45) is 5.92 Å². The lowest BCUT2D eigenvalue weighted by Crippen LogP contribution is -2.34. The Kier molecular flexibility index (Phi) is 8.42. The monoisotopic (exact) mass is 483 g/mol. The van der Waals surface area contributed by atoms with Crippen molar-refractivity contribution in [1.29, 1.82) is 0 Å². The lowest BCUT2D eigenvalue weighted by atomic mass is 9.98. The number of carbonyl (C=O) groups excluding carboxylic acids is 2. The van der Waals surface area contributed by atoms with Crippen molar-refractivity contribution >= 4 is 23.2 Å². The van der Waals surface area contributed by atoms with Gasteiger partial charge in [0.15, 0.2) is 0 Å². The van der Waals surface area contributed by atoms with Gasteiger partial charge >= 0.3 is 0 Å². The summed E-state index contributed by atoms with van der Waals surface area (Å²) in [5, 5.41) is 6.04. The maximum absolute atomic E-state index is 13.2. The average molecular weight is 484 g/mol. The van der Waals surface area contributed by atoms with Crippen LogP contribution in [0.15, 0.2) is 66.7 Å². The van der Waals surface area contributed by atoms with Crippen LogP contribution in [0.2, 0.25) is 0 Å². The highest BCUT2D eigenvalue weighted by Gasteiger charge is 2.22. The zero-order chi connectivity index (χ0) is 25.5. The molecule has 0 aliphatic carbocycles. The summed E-state index contributed by atoms with van der Waals surface area (Å²) in [4.78, 5) is 28.4. The van der Waals surface area contributed by atoms with E-state index in [1.54, 1.807) is 6.07 Å². The van der Waals surface area contributed by atoms with Crippen molar-refractivity contribution in [3.63, 3.8) is 0 Å². The van der Waals surface area contributed by atoms with Gasteiger partial charge in [0.1, 0.15) is 0 Å². The number of amides is 2. The van der Waals surface area contributed by atoms with E-state index in [-0.39, 0.29) is 11.8 Å². The molecular formula is C31H37N3O2.